The van der Waals surface area contributed by atoms with Crippen LogP contribution in [-0.2, 0) is 11.3 Å². The Kier molecular flexibility index (Phi) is 5.46. The van der Waals surface area contributed by atoms with E-state index in [4.69, 9.17) is 0 Å². The van der Waals surface area contributed by atoms with Gasteiger partial charge in [0.2, 0.25) is 5.91 Å². The Balaban J connectivity index is 1.83. The number of nitrogens with one attached hydrogen (secondary N) is 1. The Hall–Kier alpha value is -1.73. The molecule has 0 aliphatic heterocycles. The molecule has 7 heteroatoms. The molecule has 114 valence electrons. The lowest BCUT2D eigenvalue weighted by Gasteiger charge is -2.10. The molecule has 0 bridgehead atoms. The van der Waals surface area contributed by atoms with Crippen molar-refractivity contribution in [3.05, 3.63) is 28.1 Å². The molecule has 2 rings (SSSR count). The molecule has 2 heterocycles. The van der Waals surface area contributed by atoms with Gasteiger partial charge in [-0.3, -0.25) is 14.2 Å². The lowest BCUT2D eigenvalue weighted by molar-refractivity contribution is -0.121. The number of rotatable bonds is 7. The van der Waals surface area contributed by atoms with Gasteiger partial charge in [0.1, 0.15) is 4.83 Å². The maximum atomic E-state index is 12.1. The molecule has 0 aromatic carbocycles. The minimum Gasteiger partial charge on any atom is -0.356 e. The molecular weight excluding hydrogens is 288 g/mol. The normalized spacial score (nSPS) is 11.2. The first-order chi connectivity index (χ1) is 10.1. The molecule has 6 nitrogen and oxygen atoms in total. The van der Waals surface area contributed by atoms with Gasteiger partial charge in [-0.1, -0.05) is 0 Å². The molecule has 1 amide bonds. The van der Waals surface area contributed by atoms with Gasteiger partial charge in [0.15, 0.2) is 0 Å². The van der Waals surface area contributed by atoms with E-state index >= 15 is 0 Å². The van der Waals surface area contributed by atoms with Crippen molar-refractivity contribution >= 4 is 27.5 Å². The van der Waals surface area contributed by atoms with E-state index < -0.39 is 0 Å². The largest absolute Gasteiger partial charge is 0.356 e. The summed E-state index contributed by atoms with van der Waals surface area (Å²) in [6, 6.07) is 1.77. The second-order valence-electron chi connectivity index (χ2n) is 5.14. The number of hydrogen-bond donors (Lipinski definition) is 1. The predicted octanol–water partition coefficient (Wildman–Crippen LogP) is 0.916. The van der Waals surface area contributed by atoms with Gasteiger partial charge in [-0.25, -0.2) is 4.98 Å². The van der Waals surface area contributed by atoms with Crippen LogP contribution in [0.5, 0.6) is 0 Å². The fraction of sp³-hybridized carbons (Fsp3) is 0.500. The summed E-state index contributed by atoms with van der Waals surface area (Å²) in [7, 11) is 4.00. The first kappa shape index (κ1) is 15.7. The summed E-state index contributed by atoms with van der Waals surface area (Å²) in [4.78, 5) is 30.9. The molecule has 2 aromatic heterocycles. The number of carbonyl (C=O) groups excluding carboxylic acids is 1. The van der Waals surface area contributed by atoms with Gasteiger partial charge in [-0.2, -0.15) is 0 Å². The highest BCUT2D eigenvalue weighted by molar-refractivity contribution is 7.16. The number of fused-ring (bicyclic) bond motifs is 1. The highest BCUT2D eigenvalue weighted by Crippen LogP contribution is 2.13. The molecular formula is C14H20N4O2S. The summed E-state index contributed by atoms with van der Waals surface area (Å²) >= 11 is 1.44. The molecule has 0 fully saturated rings. The number of thiophene rings is 1. The van der Waals surface area contributed by atoms with Crippen LogP contribution >= 0.6 is 11.3 Å². The molecule has 0 aliphatic rings. The highest BCUT2D eigenvalue weighted by atomic mass is 32.1. The van der Waals surface area contributed by atoms with Gasteiger partial charge in [0.05, 0.1) is 11.7 Å². The molecule has 1 N–H and O–H groups in total. The maximum Gasteiger partial charge on any atom is 0.262 e. The van der Waals surface area contributed by atoms with Crippen LogP contribution in [0.3, 0.4) is 0 Å². The minimum absolute atomic E-state index is 0.0360. The van der Waals surface area contributed by atoms with E-state index in [0.717, 1.165) is 17.8 Å². The van der Waals surface area contributed by atoms with E-state index in [2.05, 4.69) is 15.2 Å². The topological polar surface area (TPSA) is 67.2 Å². The molecule has 0 saturated carbocycles. The summed E-state index contributed by atoms with van der Waals surface area (Å²) in [5.74, 6) is -0.0360. The van der Waals surface area contributed by atoms with E-state index in [1.54, 1.807) is 6.07 Å². The Labute approximate surface area is 127 Å². The average Bonchev–Trinajstić information content (AvgIpc) is 2.92. The summed E-state index contributed by atoms with van der Waals surface area (Å²) in [5.41, 5.74) is -0.0818. The smallest absolute Gasteiger partial charge is 0.262 e. The molecule has 0 unspecified atom stereocenters. The van der Waals surface area contributed by atoms with E-state index in [1.807, 2.05) is 19.5 Å². The molecule has 21 heavy (non-hydrogen) atoms. The van der Waals surface area contributed by atoms with E-state index in [1.165, 1.54) is 22.2 Å². The first-order valence-electron chi connectivity index (χ1n) is 6.92. The van der Waals surface area contributed by atoms with Crippen LogP contribution in [0.15, 0.2) is 22.6 Å². The van der Waals surface area contributed by atoms with Crippen LogP contribution in [0.2, 0.25) is 0 Å². The third-order valence-corrected chi connectivity index (χ3v) is 3.96. The van der Waals surface area contributed by atoms with E-state index in [9.17, 15) is 9.59 Å². The molecule has 0 atom stereocenters. The van der Waals surface area contributed by atoms with Gasteiger partial charge in [0, 0.05) is 19.5 Å². The fourth-order valence-corrected chi connectivity index (χ4v) is 2.71. The Morgan fingerprint density at radius 1 is 1.48 bits per heavy atom. The number of hydrogen-bond acceptors (Lipinski definition) is 5. The molecule has 0 radical (unpaired) electrons. The zero-order chi connectivity index (χ0) is 15.2. The summed E-state index contributed by atoms with van der Waals surface area (Å²) in [6.45, 7) is 1.96. The van der Waals surface area contributed by atoms with Gasteiger partial charge in [0.25, 0.3) is 5.56 Å². The van der Waals surface area contributed by atoms with Crippen molar-refractivity contribution in [1.29, 1.82) is 0 Å². The summed E-state index contributed by atoms with van der Waals surface area (Å²) in [5, 5.41) is 5.33. The van der Waals surface area contributed by atoms with E-state index in [0.29, 0.717) is 24.9 Å². The van der Waals surface area contributed by atoms with Gasteiger partial charge in [-0.05, 0) is 38.5 Å². The summed E-state index contributed by atoms with van der Waals surface area (Å²) in [6.07, 6.45) is 2.72. The molecule has 0 spiro atoms. The third-order valence-electron chi connectivity index (χ3n) is 3.13. The van der Waals surface area contributed by atoms with Crippen LogP contribution in [0.25, 0.3) is 10.2 Å². The second kappa shape index (κ2) is 7.33. The van der Waals surface area contributed by atoms with Crippen LogP contribution in [0.1, 0.15) is 12.8 Å². The molecule has 2 aromatic rings. The standard InChI is InChI=1S/C14H20N4O2S/c1-17(2)7-3-6-15-12(19)4-8-18-10-16-13-11(14(18)20)5-9-21-13/h5,9-10H,3-4,6-8H2,1-2H3,(H,15,19). The Morgan fingerprint density at radius 3 is 3.05 bits per heavy atom. The molecule has 0 aliphatic carbocycles. The first-order valence-corrected chi connectivity index (χ1v) is 7.80. The average molecular weight is 308 g/mol. The second-order valence-corrected chi connectivity index (χ2v) is 6.03. The van der Waals surface area contributed by atoms with E-state index in [-0.39, 0.29) is 11.5 Å². The fourth-order valence-electron chi connectivity index (χ4n) is 1.99. The monoisotopic (exact) mass is 308 g/mol. The minimum atomic E-state index is -0.0818. The predicted molar refractivity (Wildman–Crippen MR) is 84.7 cm³/mol. The maximum absolute atomic E-state index is 12.1. The van der Waals surface area contributed by atoms with Crippen molar-refractivity contribution in [2.75, 3.05) is 27.2 Å². The van der Waals surface area contributed by atoms with Crippen LogP contribution < -0.4 is 10.9 Å². The van der Waals surface area contributed by atoms with Crippen molar-refractivity contribution in [1.82, 2.24) is 19.8 Å². The quantitative estimate of drug-likeness (QED) is 0.772. The number of nitrogens with zero attached hydrogens (tertiary/aromatic N) is 3. The van der Waals surface area contributed by atoms with Gasteiger partial charge >= 0.3 is 0 Å². The van der Waals surface area contributed by atoms with Gasteiger partial charge in [-0.15, -0.1) is 11.3 Å². The number of aromatic nitrogens is 2. The van der Waals surface area contributed by atoms with Crippen molar-refractivity contribution in [2.45, 2.75) is 19.4 Å². The van der Waals surface area contributed by atoms with Crippen LogP contribution in [0.4, 0.5) is 0 Å². The summed E-state index contributed by atoms with van der Waals surface area (Å²) < 4.78 is 1.49. The zero-order valence-corrected chi connectivity index (χ0v) is 13.2. The van der Waals surface area contributed by atoms with Crippen molar-refractivity contribution in [2.24, 2.45) is 0 Å². The van der Waals surface area contributed by atoms with Crippen molar-refractivity contribution < 1.29 is 4.79 Å². The SMILES string of the molecule is CN(C)CCCNC(=O)CCn1cnc2sccc2c1=O. The Bertz CT molecular complexity index is 662. The van der Waals surface area contributed by atoms with Crippen LogP contribution in [0, 0.1) is 0 Å². The lowest BCUT2D eigenvalue weighted by atomic mass is 10.3. The van der Waals surface area contributed by atoms with Crippen LogP contribution in [-0.4, -0.2) is 47.5 Å². The zero-order valence-electron chi connectivity index (χ0n) is 12.3. The number of aryl methyl sites for hydroxylation is 1. The Morgan fingerprint density at radius 2 is 2.29 bits per heavy atom. The van der Waals surface area contributed by atoms with Crippen molar-refractivity contribution in [3.63, 3.8) is 0 Å². The third kappa shape index (κ3) is 4.37. The lowest BCUT2D eigenvalue weighted by Crippen LogP contribution is -2.29. The number of amides is 1. The van der Waals surface area contributed by atoms with Gasteiger partial charge < -0.3 is 10.2 Å². The highest BCUT2D eigenvalue weighted by Gasteiger charge is 2.07. The number of carbonyl (C=O) groups is 1. The van der Waals surface area contributed by atoms with Crippen molar-refractivity contribution in [3.8, 4) is 0 Å². The molecule has 0 saturated heterocycles.